The van der Waals surface area contributed by atoms with Gasteiger partial charge in [0.15, 0.2) is 6.61 Å². The summed E-state index contributed by atoms with van der Waals surface area (Å²) in [6.45, 7) is 2.73. The van der Waals surface area contributed by atoms with Gasteiger partial charge in [0, 0.05) is 6.07 Å². The predicted octanol–water partition coefficient (Wildman–Crippen LogP) is 3.15. The Bertz CT molecular complexity index is 851. The van der Waals surface area contributed by atoms with E-state index in [1.54, 1.807) is 19.9 Å². The summed E-state index contributed by atoms with van der Waals surface area (Å²) < 4.78 is 17.9. The number of halogens is 1. The van der Waals surface area contributed by atoms with Crippen molar-refractivity contribution >= 4 is 23.3 Å². The van der Waals surface area contributed by atoms with Crippen molar-refractivity contribution in [3.63, 3.8) is 0 Å². The molecule has 0 heterocycles. The summed E-state index contributed by atoms with van der Waals surface area (Å²) in [5, 5.41) is 13.5. The van der Waals surface area contributed by atoms with Crippen LogP contribution < -0.4 is 5.32 Å². The number of amides is 1. The van der Waals surface area contributed by atoms with Gasteiger partial charge in [-0.05, 0) is 43.2 Å². The largest absolute Gasteiger partial charge is 0.452 e. The van der Waals surface area contributed by atoms with Crippen molar-refractivity contribution in [1.82, 2.24) is 0 Å². The number of aryl methyl sites for hydroxylation is 1. The molecule has 0 aliphatic carbocycles. The first-order valence-electron chi connectivity index (χ1n) is 7.26. The summed E-state index contributed by atoms with van der Waals surface area (Å²) >= 11 is 0. The first kappa shape index (κ1) is 18.1. The Morgan fingerprint density at radius 3 is 2.60 bits per heavy atom. The van der Waals surface area contributed by atoms with Crippen LogP contribution in [0.2, 0.25) is 0 Å². The van der Waals surface area contributed by atoms with Crippen LogP contribution in [-0.4, -0.2) is 23.4 Å². The van der Waals surface area contributed by atoms with Crippen LogP contribution >= 0.6 is 0 Å². The van der Waals surface area contributed by atoms with Crippen LogP contribution in [0, 0.1) is 29.8 Å². The SMILES string of the molecule is Cc1ccc([N+](=O)[O-])c(NC(=O)COC(=O)c2cccc(F)c2)c1C. The molecule has 0 saturated heterocycles. The van der Waals surface area contributed by atoms with Gasteiger partial charge in [0.05, 0.1) is 10.5 Å². The van der Waals surface area contributed by atoms with E-state index in [-0.39, 0.29) is 16.9 Å². The molecule has 25 heavy (non-hydrogen) atoms. The number of hydrogen-bond donors (Lipinski definition) is 1. The fourth-order valence-corrected chi connectivity index (χ4v) is 2.12. The number of carbonyl (C=O) groups is 2. The van der Waals surface area contributed by atoms with Crippen molar-refractivity contribution in [3.05, 3.63) is 69.0 Å². The molecule has 8 heteroatoms. The lowest BCUT2D eigenvalue weighted by Gasteiger charge is -2.11. The monoisotopic (exact) mass is 346 g/mol. The van der Waals surface area contributed by atoms with E-state index >= 15 is 0 Å². The van der Waals surface area contributed by atoms with Gasteiger partial charge >= 0.3 is 5.97 Å². The highest BCUT2D eigenvalue weighted by Crippen LogP contribution is 2.30. The number of benzene rings is 2. The van der Waals surface area contributed by atoms with Crippen LogP contribution in [-0.2, 0) is 9.53 Å². The third kappa shape index (κ3) is 4.37. The molecule has 0 radical (unpaired) electrons. The molecule has 2 rings (SSSR count). The first-order valence-corrected chi connectivity index (χ1v) is 7.26. The van der Waals surface area contributed by atoms with Gasteiger partial charge in [0.1, 0.15) is 11.5 Å². The minimum atomic E-state index is -0.870. The molecule has 130 valence electrons. The molecule has 2 aromatic rings. The number of ether oxygens (including phenoxy) is 1. The van der Waals surface area contributed by atoms with E-state index in [2.05, 4.69) is 5.32 Å². The van der Waals surface area contributed by atoms with Gasteiger partial charge in [-0.1, -0.05) is 12.1 Å². The van der Waals surface area contributed by atoms with Gasteiger partial charge in [-0.15, -0.1) is 0 Å². The molecule has 0 aromatic heterocycles. The first-order chi connectivity index (χ1) is 11.8. The average Bonchev–Trinajstić information content (AvgIpc) is 2.56. The van der Waals surface area contributed by atoms with Gasteiger partial charge in [-0.2, -0.15) is 0 Å². The van der Waals surface area contributed by atoms with Gasteiger partial charge in [-0.25, -0.2) is 9.18 Å². The highest BCUT2D eigenvalue weighted by molar-refractivity contribution is 5.97. The highest BCUT2D eigenvalue weighted by atomic mass is 19.1. The fourth-order valence-electron chi connectivity index (χ4n) is 2.12. The van der Waals surface area contributed by atoms with E-state index in [0.717, 1.165) is 11.6 Å². The van der Waals surface area contributed by atoms with Crippen LogP contribution in [0.15, 0.2) is 36.4 Å². The minimum absolute atomic E-state index is 0.0366. The van der Waals surface area contributed by atoms with E-state index in [1.807, 2.05) is 0 Å². The van der Waals surface area contributed by atoms with E-state index < -0.39 is 29.2 Å². The van der Waals surface area contributed by atoms with Crippen LogP contribution in [0.5, 0.6) is 0 Å². The third-order valence-corrected chi connectivity index (χ3v) is 3.57. The Hall–Kier alpha value is -3.29. The van der Waals surface area contributed by atoms with Crippen molar-refractivity contribution < 1.29 is 23.6 Å². The zero-order chi connectivity index (χ0) is 18.6. The molecule has 0 aliphatic rings. The molecule has 1 N–H and O–H groups in total. The van der Waals surface area contributed by atoms with Crippen LogP contribution in [0.4, 0.5) is 15.8 Å². The molecule has 0 spiro atoms. The van der Waals surface area contributed by atoms with Crippen molar-refractivity contribution in [1.29, 1.82) is 0 Å². The number of hydrogen-bond acceptors (Lipinski definition) is 5. The maximum Gasteiger partial charge on any atom is 0.338 e. The predicted molar refractivity (Wildman–Crippen MR) is 87.9 cm³/mol. The topological polar surface area (TPSA) is 98.5 Å². The molecule has 0 fully saturated rings. The molecular formula is C17H15FN2O5. The molecule has 0 bridgehead atoms. The Morgan fingerprint density at radius 2 is 1.96 bits per heavy atom. The lowest BCUT2D eigenvalue weighted by Crippen LogP contribution is -2.22. The normalized spacial score (nSPS) is 10.2. The molecule has 7 nitrogen and oxygen atoms in total. The standard InChI is InChI=1S/C17H15FN2O5/c1-10-6-7-14(20(23)24)16(11(10)2)19-15(21)9-25-17(22)12-4-3-5-13(18)8-12/h3-8H,9H2,1-2H3,(H,19,21). The van der Waals surface area contributed by atoms with E-state index in [9.17, 15) is 24.1 Å². The van der Waals surface area contributed by atoms with Crippen LogP contribution in [0.3, 0.4) is 0 Å². The number of esters is 1. The molecular weight excluding hydrogens is 331 g/mol. The summed E-state index contributed by atoms with van der Waals surface area (Å²) in [6, 6.07) is 7.70. The number of anilines is 1. The second-order valence-electron chi connectivity index (χ2n) is 5.29. The maximum atomic E-state index is 13.1. The van der Waals surface area contributed by atoms with Crippen LogP contribution in [0.1, 0.15) is 21.5 Å². The molecule has 0 unspecified atom stereocenters. The van der Waals surface area contributed by atoms with E-state index in [4.69, 9.17) is 4.74 Å². The van der Waals surface area contributed by atoms with Crippen molar-refractivity contribution in [2.24, 2.45) is 0 Å². The Morgan fingerprint density at radius 1 is 1.24 bits per heavy atom. The zero-order valence-electron chi connectivity index (χ0n) is 13.5. The Labute approximate surface area is 142 Å². The summed E-state index contributed by atoms with van der Waals surface area (Å²) in [4.78, 5) is 34.2. The number of rotatable bonds is 5. The number of carbonyl (C=O) groups excluding carboxylic acids is 2. The van der Waals surface area contributed by atoms with E-state index in [0.29, 0.717) is 5.56 Å². The van der Waals surface area contributed by atoms with Crippen molar-refractivity contribution in [2.45, 2.75) is 13.8 Å². The minimum Gasteiger partial charge on any atom is -0.452 e. The quantitative estimate of drug-likeness (QED) is 0.509. The average molecular weight is 346 g/mol. The van der Waals surface area contributed by atoms with Crippen LogP contribution in [0.25, 0.3) is 0 Å². The zero-order valence-corrected chi connectivity index (χ0v) is 13.5. The van der Waals surface area contributed by atoms with Crippen molar-refractivity contribution in [2.75, 3.05) is 11.9 Å². The van der Waals surface area contributed by atoms with Gasteiger partial charge in [-0.3, -0.25) is 14.9 Å². The molecule has 0 saturated carbocycles. The maximum absolute atomic E-state index is 13.1. The summed E-state index contributed by atoms with van der Waals surface area (Å²) in [6.07, 6.45) is 0. The summed E-state index contributed by atoms with van der Waals surface area (Å²) in [5.41, 5.74) is 1.06. The molecule has 1 amide bonds. The number of nitro groups is 1. The molecule has 2 aromatic carbocycles. The lowest BCUT2D eigenvalue weighted by atomic mass is 10.1. The number of nitro benzene ring substituents is 1. The van der Waals surface area contributed by atoms with Gasteiger partial charge in [0.25, 0.3) is 11.6 Å². The summed E-state index contributed by atoms with van der Waals surface area (Å²) in [5.74, 6) is -2.21. The Balaban J connectivity index is 2.07. The number of nitrogens with zero attached hydrogens (tertiary/aromatic N) is 1. The fraction of sp³-hybridized carbons (Fsp3) is 0.176. The number of nitrogens with one attached hydrogen (secondary N) is 1. The lowest BCUT2D eigenvalue weighted by molar-refractivity contribution is -0.384. The Kier molecular flexibility index (Phi) is 5.43. The van der Waals surface area contributed by atoms with Gasteiger partial charge in [0.2, 0.25) is 0 Å². The highest BCUT2D eigenvalue weighted by Gasteiger charge is 2.20. The third-order valence-electron chi connectivity index (χ3n) is 3.57. The smallest absolute Gasteiger partial charge is 0.338 e. The second kappa shape index (κ2) is 7.52. The van der Waals surface area contributed by atoms with Gasteiger partial charge < -0.3 is 10.1 Å². The molecule has 0 atom stereocenters. The second-order valence-corrected chi connectivity index (χ2v) is 5.29. The molecule has 0 aliphatic heterocycles. The van der Waals surface area contributed by atoms with E-state index in [1.165, 1.54) is 24.3 Å². The van der Waals surface area contributed by atoms with Crippen molar-refractivity contribution in [3.8, 4) is 0 Å². The summed E-state index contributed by atoms with van der Waals surface area (Å²) in [7, 11) is 0.